The molecule has 1 saturated heterocycles. The highest BCUT2D eigenvalue weighted by Crippen LogP contribution is 2.34. The summed E-state index contributed by atoms with van der Waals surface area (Å²) >= 11 is 6.31. The molecule has 7 rings (SSSR count). The fourth-order valence-corrected chi connectivity index (χ4v) is 5.23. The number of halogens is 1. The van der Waals surface area contributed by atoms with Crippen LogP contribution >= 0.6 is 11.6 Å². The van der Waals surface area contributed by atoms with Crippen molar-refractivity contribution in [3.05, 3.63) is 87.8 Å². The number of rotatable bonds is 6. The van der Waals surface area contributed by atoms with E-state index in [2.05, 4.69) is 31.0 Å². The van der Waals surface area contributed by atoms with E-state index >= 15 is 0 Å². The quantitative estimate of drug-likeness (QED) is 0.312. The van der Waals surface area contributed by atoms with Gasteiger partial charge in [0.15, 0.2) is 11.9 Å². The summed E-state index contributed by atoms with van der Waals surface area (Å²) in [6.45, 7) is 0.839. The summed E-state index contributed by atoms with van der Waals surface area (Å²) in [5, 5.41) is 22.1. The first-order valence-electron chi connectivity index (χ1n) is 12.9. The topological polar surface area (TPSA) is 155 Å². The fourth-order valence-electron chi connectivity index (χ4n) is 5.06. The number of tetrazole rings is 1. The lowest BCUT2D eigenvalue weighted by Crippen LogP contribution is -2.38. The molecule has 206 valence electrons. The Morgan fingerprint density at radius 2 is 1.95 bits per heavy atom. The standard InChI is InChI=1S/C27H22ClN9O4/c28-17-3-7-22(36-14-29-34-35-36)21(11-17)16-9-19-6-8-23(37(19)24(38)10-16)26-31-25(32-33-26)15-1-4-18(5-2-15)30-27(39)41-20-12-40-13-20/h1-5,7,9-11,14,20,23H,6,8,12-13H2,(H,30,39)(H,31,32,33)/t23-/m0/s1. The number of hydrogen-bond acceptors (Lipinski definition) is 9. The van der Waals surface area contributed by atoms with Crippen LogP contribution in [-0.2, 0) is 15.9 Å². The van der Waals surface area contributed by atoms with Gasteiger partial charge in [-0.15, -0.1) is 5.10 Å². The van der Waals surface area contributed by atoms with Gasteiger partial charge in [-0.25, -0.2) is 9.78 Å². The predicted molar refractivity (Wildman–Crippen MR) is 147 cm³/mol. The van der Waals surface area contributed by atoms with Crippen LogP contribution in [0.4, 0.5) is 10.5 Å². The summed E-state index contributed by atoms with van der Waals surface area (Å²) in [5.41, 5.74) is 4.26. The minimum atomic E-state index is -0.526. The van der Waals surface area contributed by atoms with Crippen molar-refractivity contribution in [2.45, 2.75) is 25.0 Å². The number of aromatic nitrogens is 8. The number of carbonyl (C=O) groups excluding carboxylic acids is 1. The number of aromatic amines is 1. The van der Waals surface area contributed by atoms with Crippen LogP contribution in [0.1, 0.15) is 24.0 Å². The molecule has 2 aliphatic heterocycles. The molecule has 1 fully saturated rings. The highest BCUT2D eigenvalue weighted by atomic mass is 35.5. The van der Waals surface area contributed by atoms with Crippen molar-refractivity contribution in [3.63, 3.8) is 0 Å². The van der Waals surface area contributed by atoms with Gasteiger partial charge in [-0.1, -0.05) is 11.6 Å². The first kappa shape index (κ1) is 25.1. The van der Waals surface area contributed by atoms with E-state index in [-0.39, 0.29) is 17.7 Å². The number of anilines is 1. The van der Waals surface area contributed by atoms with E-state index in [1.54, 1.807) is 34.9 Å². The zero-order valence-electron chi connectivity index (χ0n) is 21.4. The molecule has 0 unspecified atom stereocenters. The second-order valence-electron chi connectivity index (χ2n) is 9.73. The largest absolute Gasteiger partial charge is 0.441 e. The molecule has 13 nitrogen and oxygen atoms in total. The third-order valence-corrected chi connectivity index (χ3v) is 7.32. The van der Waals surface area contributed by atoms with E-state index in [0.29, 0.717) is 54.1 Å². The Morgan fingerprint density at radius 3 is 2.71 bits per heavy atom. The van der Waals surface area contributed by atoms with Crippen LogP contribution in [-0.4, -0.2) is 65.4 Å². The molecular weight excluding hydrogens is 550 g/mol. The lowest BCUT2D eigenvalue weighted by atomic mass is 10.0. The SMILES string of the molecule is O=C(Nc1ccc(-c2n[nH]c([C@@H]3CCc4cc(-c5cc(Cl)ccc5-n5cnnn5)cc(=O)n43)n2)cc1)OC1COC1. The molecule has 0 radical (unpaired) electrons. The first-order chi connectivity index (χ1) is 20.0. The third kappa shape index (κ3) is 4.85. The van der Waals surface area contributed by atoms with Gasteiger partial charge in [-0.2, -0.15) is 9.78 Å². The average Bonchev–Trinajstić information content (AvgIpc) is 3.72. The van der Waals surface area contributed by atoms with Gasteiger partial charge in [-0.05, 0) is 77.4 Å². The van der Waals surface area contributed by atoms with Crippen LogP contribution in [0.2, 0.25) is 5.02 Å². The van der Waals surface area contributed by atoms with Gasteiger partial charge in [0.1, 0.15) is 12.2 Å². The van der Waals surface area contributed by atoms with Crippen molar-refractivity contribution in [2.75, 3.05) is 18.5 Å². The van der Waals surface area contributed by atoms with Crippen LogP contribution in [0.25, 0.3) is 28.2 Å². The maximum Gasteiger partial charge on any atom is 0.412 e. The molecule has 3 aromatic heterocycles. The number of fused-ring (bicyclic) bond motifs is 1. The van der Waals surface area contributed by atoms with Crippen molar-refractivity contribution in [1.29, 1.82) is 0 Å². The van der Waals surface area contributed by atoms with Gasteiger partial charge in [0.25, 0.3) is 5.56 Å². The lowest BCUT2D eigenvalue weighted by Gasteiger charge is -2.25. The molecule has 1 atom stereocenters. The highest BCUT2D eigenvalue weighted by molar-refractivity contribution is 6.31. The zero-order valence-corrected chi connectivity index (χ0v) is 22.2. The van der Waals surface area contributed by atoms with Crippen molar-refractivity contribution in [1.82, 2.24) is 40.0 Å². The molecule has 2 N–H and O–H groups in total. The van der Waals surface area contributed by atoms with Gasteiger partial charge in [0, 0.05) is 33.6 Å². The smallest absolute Gasteiger partial charge is 0.412 e. The Hall–Kier alpha value is -4.88. The maximum atomic E-state index is 13.4. The minimum Gasteiger partial charge on any atom is -0.441 e. The van der Waals surface area contributed by atoms with Crippen LogP contribution in [0.15, 0.2) is 65.7 Å². The van der Waals surface area contributed by atoms with E-state index in [9.17, 15) is 9.59 Å². The number of benzene rings is 2. The zero-order chi connectivity index (χ0) is 27.9. The predicted octanol–water partition coefficient (Wildman–Crippen LogP) is 3.41. The maximum absolute atomic E-state index is 13.4. The second-order valence-corrected chi connectivity index (χ2v) is 10.2. The molecule has 0 spiro atoms. The summed E-state index contributed by atoms with van der Waals surface area (Å²) in [6.07, 6.45) is 2.15. The highest BCUT2D eigenvalue weighted by Gasteiger charge is 2.29. The van der Waals surface area contributed by atoms with Crippen molar-refractivity contribution in [3.8, 4) is 28.2 Å². The fraction of sp³-hybridized carbons (Fsp3) is 0.222. The van der Waals surface area contributed by atoms with Crippen LogP contribution in [0.5, 0.6) is 0 Å². The normalized spacial score (nSPS) is 16.3. The number of H-pyrrole nitrogens is 1. The lowest BCUT2D eigenvalue weighted by molar-refractivity contribution is -0.0951. The van der Waals surface area contributed by atoms with Crippen molar-refractivity contribution < 1.29 is 14.3 Å². The Balaban J connectivity index is 1.12. The molecular formula is C27H22ClN9O4. The molecule has 14 heteroatoms. The summed E-state index contributed by atoms with van der Waals surface area (Å²) < 4.78 is 13.5. The molecule has 2 aliphatic rings. The molecule has 5 aromatic rings. The Kier molecular flexibility index (Phi) is 6.29. The second kappa shape index (κ2) is 10.3. The number of nitrogens with zero attached hydrogens (tertiary/aromatic N) is 7. The van der Waals surface area contributed by atoms with Gasteiger partial charge in [-0.3, -0.25) is 15.2 Å². The van der Waals surface area contributed by atoms with Crippen molar-refractivity contribution >= 4 is 23.4 Å². The molecule has 0 saturated carbocycles. The average molecular weight is 572 g/mol. The molecule has 0 bridgehead atoms. The summed E-state index contributed by atoms with van der Waals surface area (Å²) in [6, 6.07) is 15.8. The Labute approximate surface area is 237 Å². The summed E-state index contributed by atoms with van der Waals surface area (Å²) in [4.78, 5) is 30.1. The van der Waals surface area contributed by atoms with E-state index in [4.69, 9.17) is 26.1 Å². The minimum absolute atomic E-state index is 0.156. The molecule has 0 aliphatic carbocycles. The number of pyridine rings is 1. The molecule has 2 aromatic carbocycles. The number of hydrogen-bond donors (Lipinski definition) is 2. The third-order valence-electron chi connectivity index (χ3n) is 7.09. The first-order valence-corrected chi connectivity index (χ1v) is 13.3. The van der Waals surface area contributed by atoms with Gasteiger partial charge in [0.2, 0.25) is 0 Å². The van der Waals surface area contributed by atoms with E-state index in [0.717, 1.165) is 22.4 Å². The summed E-state index contributed by atoms with van der Waals surface area (Å²) in [5.74, 6) is 1.09. The number of aryl methyl sites for hydroxylation is 1. The molecule has 41 heavy (non-hydrogen) atoms. The monoisotopic (exact) mass is 571 g/mol. The van der Waals surface area contributed by atoms with E-state index in [1.807, 2.05) is 24.3 Å². The summed E-state index contributed by atoms with van der Waals surface area (Å²) in [7, 11) is 0. The van der Waals surface area contributed by atoms with Crippen LogP contribution in [0.3, 0.4) is 0 Å². The number of carbonyl (C=O) groups is 1. The molecule has 1 amide bonds. The Bertz CT molecular complexity index is 1800. The van der Waals surface area contributed by atoms with Crippen LogP contribution < -0.4 is 10.9 Å². The van der Waals surface area contributed by atoms with Gasteiger partial charge < -0.3 is 14.0 Å². The van der Waals surface area contributed by atoms with E-state index in [1.165, 1.54) is 11.0 Å². The van der Waals surface area contributed by atoms with Gasteiger partial charge >= 0.3 is 6.09 Å². The molecule has 5 heterocycles. The van der Waals surface area contributed by atoms with E-state index < -0.39 is 6.09 Å². The number of ether oxygens (including phenoxy) is 2. The van der Waals surface area contributed by atoms with Gasteiger partial charge in [0.05, 0.1) is 24.9 Å². The Morgan fingerprint density at radius 1 is 1.10 bits per heavy atom. The van der Waals surface area contributed by atoms with Crippen LogP contribution in [0, 0.1) is 0 Å². The number of nitrogens with one attached hydrogen (secondary N) is 2. The van der Waals surface area contributed by atoms with Crippen molar-refractivity contribution in [2.24, 2.45) is 0 Å². The number of amides is 1.